The topological polar surface area (TPSA) is 108 Å². The second-order valence-electron chi connectivity index (χ2n) is 19.2. The second-order valence-corrected chi connectivity index (χ2v) is 20.6. The van der Waals surface area contributed by atoms with Crippen molar-refractivity contribution in [2.75, 3.05) is 40.9 Å². The molecule has 382 valence electrons. The van der Waals surface area contributed by atoms with E-state index < -0.39 is 26.6 Å². The third-order valence-corrected chi connectivity index (χ3v) is 12.6. The summed E-state index contributed by atoms with van der Waals surface area (Å²) in [5, 5.41) is 13.8. The molecular weight excluding hydrogens is 840 g/mol. The summed E-state index contributed by atoms with van der Waals surface area (Å²) in [6, 6.07) is -0.906. The number of unbranched alkanes of at least 4 members (excludes halogenated alkanes) is 23. The van der Waals surface area contributed by atoms with Crippen molar-refractivity contribution >= 4 is 13.7 Å². The third kappa shape index (κ3) is 49.6. The fourth-order valence-electron chi connectivity index (χ4n) is 7.37. The zero-order valence-electron chi connectivity index (χ0n) is 43.4. The molecule has 2 N–H and O–H groups in total. The highest BCUT2D eigenvalue weighted by atomic mass is 31.2. The normalized spacial score (nSPS) is 14.7. The lowest BCUT2D eigenvalue weighted by Crippen LogP contribution is -2.45. The Morgan fingerprint density at radius 2 is 0.939 bits per heavy atom. The van der Waals surface area contributed by atoms with Crippen LogP contribution in [0.4, 0.5) is 0 Å². The number of phosphoric ester groups is 1. The zero-order valence-corrected chi connectivity index (χ0v) is 44.3. The van der Waals surface area contributed by atoms with Crippen molar-refractivity contribution in [3.63, 3.8) is 0 Å². The molecule has 0 aromatic rings. The van der Waals surface area contributed by atoms with Crippen molar-refractivity contribution in [2.24, 2.45) is 0 Å². The molecule has 0 aromatic carbocycles. The van der Waals surface area contributed by atoms with Gasteiger partial charge in [-0.25, -0.2) is 0 Å². The Balaban J connectivity index is 4.13. The number of quaternary nitrogens is 1. The van der Waals surface area contributed by atoms with E-state index in [-0.39, 0.29) is 12.5 Å². The number of aliphatic hydroxyl groups excluding tert-OH is 1. The fourth-order valence-corrected chi connectivity index (χ4v) is 8.09. The van der Waals surface area contributed by atoms with Crippen LogP contribution in [-0.2, 0) is 18.4 Å². The summed E-state index contributed by atoms with van der Waals surface area (Å²) in [6.07, 6.45) is 66.6. The van der Waals surface area contributed by atoms with Crippen molar-refractivity contribution in [1.29, 1.82) is 0 Å². The van der Waals surface area contributed by atoms with E-state index in [0.29, 0.717) is 17.4 Å². The van der Waals surface area contributed by atoms with Crippen LogP contribution in [0.3, 0.4) is 0 Å². The Morgan fingerprint density at radius 3 is 1.41 bits per heavy atom. The molecular formula is C57H103N2O6P. The maximum Gasteiger partial charge on any atom is 0.268 e. The number of aliphatic hydroxyl groups is 1. The number of likely N-dealkylation sites (N-methyl/N-ethyl adjacent to an activating group) is 1. The molecule has 0 spiro atoms. The third-order valence-electron chi connectivity index (χ3n) is 11.6. The summed E-state index contributed by atoms with van der Waals surface area (Å²) in [5.41, 5.74) is 0. The number of hydrogen-bond donors (Lipinski definition) is 2. The van der Waals surface area contributed by atoms with Gasteiger partial charge in [-0.2, -0.15) is 0 Å². The summed E-state index contributed by atoms with van der Waals surface area (Å²) in [4.78, 5) is 25.4. The standard InChI is InChI=1S/C57H103N2O6P/c1-6-8-10-12-14-16-18-20-21-22-23-24-25-26-27-28-29-30-31-32-33-34-35-36-37-39-41-43-45-47-49-51-57(61)58-55(54-65-66(62,63)64-53-52-59(3,4)5)56(60)50-48-46-44-42-40-38-19-17-15-13-11-9-7-2/h8,10,14,16,20-21,23-24,26-27,40,42,48,50,55-56,60H,6-7,9,11-13,15,17-19,22,25,28-39,41,43-47,49,51-54H2,1-5H3,(H-,58,61,62,63)/b10-8-,16-14-,21-20-,24-23-,27-26-,42-40+,50-48+. The van der Waals surface area contributed by atoms with Crippen molar-refractivity contribution < 1.29 is 32.9 Å². The molecule has 0 aliphatic rings. The first kappa shape index (κ1) is 63.7. The quantitative estimate of drug-likeness (QED) is 0.0272. The molecule has 9 heteroatoms. The molecule has 0 aromatic heterocycles. The van der Waals surface area contributed by atoms with Gasteiger partial charge in [-0.1, -0.05) is 221 Å². The minimum absolute atomic E-state index is 0.00902. The van der Waals surface area contributed by atoms with Crippen molar-refractivity contribution in [3.8, 4) is 0 Å². The average molecular weight is 943 g/mol. The van der Waals surface area contributed by atoms with Gasteiger partial charge in [0.15, 0.2) is 0 Å². The highest BCUT2D eigenvalue weighted by Crippen LogP contribution is 2.38. The Morgan fingerprint density at radius 1 is 0.545 bits per heavy atom. The van der Waals surface area contributed by atoms with E-state index in [4.69, 9.17) is 9.05 Å². The van der Waals surface area contributed by atoms with E-state index in [1.807, 2.05) is 27.2 Å². The van der Waals surface area contributed by atoms with Gasteiger partial charge < -0.3 is 28.8 Å². The Kier molecular flexibility index (Phi) is 46.1. The number of nitrogens with zero attached hydrogens (tertiary/aromatic N) is 1. The Bertz CT molecular complexity index is 1350. The largest absolute Gasteiger partial charge is 0.756 e. The predicted octanol–water partition coefficient (Wildman–Crippen LogP) is 15.5. The van der Waals surface area contributed by atoms with Gasteiger partial charge in [-0.3, -0.25) is 9.36 Å². The minimum Gasteiger partial charge on any atom is -0.756 e. The van der Waals surface area contributed by atoms with Crippen LogP contribution in [0.25, 0.3) is 0 Å². The molecule has 0 heterocycles. The van der Waals surface area contributed by atoms with E-state index >= 15 is 0 Å². The maximum atomic E-state index is 12.9. The van der Waals surface area contributed by atoms with Crippen LogP contribution >= 0.6 is 7.82 Å². The highest BCUT2D eigenvalue weighted by Gasteiger charge is 2.23. The number of nitrogens with one attached hydrogen (secondary N) is 1. The average Bonchev–Trinajstić information content (AvgIpc) is 3.28. The van der Waals surface area contributed by atoms with E-state index in [9.17, 15) is 19.4 Å². The molecule has 0 bridgehead atoms. The molecule has 0 saturated heterocycles. The molecule has 8 nitrogen and oxygen atoms in total. The SMILES string of the molecule is CC/C=C\C/C=C\C/C=C\C/C=C\C/C=C\CCCCCCCCCCCCCCCCCC(=O)NC(COP(=O)([O-])OCC[N+](C)(C)C)C(O)/C=C/CC/C=C/CCCCCCCCC. The van der Waals surface area contributed by atoms with Gasteiger partial charge in [0.1, 0.15) is 13.2 Å². The van der Waals surface area contributed by atoms with E-state index in [1.54, 1.807) is 6.08 Å². The molecule has 0 aliphatic carbocycles. The molecule has 66 heavy (non-hydrogen) atoms. The molecule has 0 rings (SSSR count). The number of carbonyl (C=O) groups is 1. The molecule has 0 aliphatic heterocycles. The van der Waals surface area contributed by atoms with E-state index in [1.165, 1.54) is 128 Å². The first-order valence-corrected chi connectivity index (χ1v) is 28.4. The maximum absolute atomic E-state index is 12.9. The molecule has 3 atom stereocenters. The number of phosphoric acid groups is 1. The van der Waals surface area contributed by atoms with Crippen LogP contribution in [0.5, 0.6) is 0 Å². The predicted molar refractivity (Wildman–Crippen MR) is 283 cm³/mol. The lowest BCUT2D eigenvalue weighted by atomic mass is 10.0. The first-order valence-electron chi connectivity index (χ1n) is 26.9. The van der Waals surface area contributed by atoms with Gasteiger partial charge in [0, 0.05) is 6.42 Å². The monoisotopic (exact) mass is 943 g/mol. The van der Waals surface area contributed by atoms with Crippen LogP contribution in [0, 0.1) is 0 Å². The van der Waals surface area contributed by atoms with Gasteiger partial charge in [0.25, 0.3) is 7.82 Å². The zero-order chi connectivity index (χ0) is 48.5. The highest BCUT2D eigenvalue weighted by molar-refractivity contribution is 7.45. The second kappa shape index (κ2) is 47.7. The lowest BCUT2D eigenvalue weighted by molar-refractivity contribution is -0.870. The van der Waals surface area contributed by atoms with Crippen molar-refractivity contribution in [3.05, 3.63) is 85.1 Å². The van der Waals surface area contributed by atoms with Gasteiger partial charge in [0.2, 0.25) is 5.91 Å². The Labute approximate surface area is 407 Å². The lowest BCUT2D eigenvalue weighted by Gasteiger charge is -2.29. The van der Waals surface area contributed by atoms with E-state index in [0.717, 1.165) is 70.6 Å². The van der Waals surface area contributed by atoms with Crippen LogP contribution in [0.1, 0.15) is 219 Å². The molecule has 3 unspecified atom stereocenters. The molecule has 0 saturated carbocycles. The fraction of sp³-hybridized carbons (Fsp3) is 0.737. The van der Waals surface area contributed by atoms with E-state index in [2.05, 4.69) is 92.1 Å². The summed E-state index contributed by atoms with van der Waals surface area (Å²) in [6.45, 7) is 4.50. The molecule has 1 amide bonds. The van der Waals surface area contributed by atoms with Gasteiger partial charge >= 0.3 is 0 Å². The minimum atomic E-state index is -4.60. The van der Waals surface area contributed by atoms with Gasteiger partial charge in [-0.05, 0) is 77.0 Å². The van der Waals surface area contributed by atoms with Crippen molar-refractivity contribution in [1.82, 2.24) is 5.32 Å². The number of amides is 1. The van der Waals surface area contributed by atoms with Crippen LogP contribution in [0.15, 0.2) is 85.1 Å². The van der Waals surface area contributed by atoms with Crippen LogP contribution in [-0.4, -0.2) is 68.5 Å². The summed E-state index contributed by atoms with van der Waals surface area (Å²) >= 11 is 0. The Hall–Kier alpha value is -2.32. The summed E-state index contributed by atoms with van der Waals surface area (Å²) in [5.74, 6) is -0.211. The molecule has 0 fully saturated rings. The van der Waals surface area contributed by atoms with Crippen LogP contribution in [0.2, 0.25) is 0 Å². The molecule has 0 radical (unpaired) electrons. The smallest absolute Gasteiger partial charge is 0.268 e. The summed E-state index contributed by atoms with van der Waals surface area (Å²) in [7, 11) is 1.24. The number of rotatable bonds is 48. The van der Waals surface area contributed by atoms with Crippen molar-refractivity contribution in [2.45, 2.75) is 231 Å². The van der Waals surface area contributed by atoms with Gasteiger partial charge in [0.05, 0.1) is 39.9 Å². The van der Waals surface area contributed by atoms with Crippen LogP contribution < -0.4 is 10.2 Å². The number of carbonyl (C=O) groups excluding carboxylic acids is 1. The first-order chi connectivity index (χ1) is 32.0. The number of hydrogen-bond acceptors (Lipinski definition) is 6. The summed E-state index contributed by atoms with van der Waals surface area (Å²) < 4.78 is 23.2. The van der Waals surface area contributed by atoms with Gasteiger partial charge in [-0.15, -0.1) is 0 Å². The number of allylic oxidation sites excluding steroid dienone is 13.